The zero-order chi connectivity index (χ0) is 16.5. The van der Waals surface area contributed by atoms with Crippen molar-refractivity contribution in [2.45, 2.75) is 26.7 Å². The Bertz CT molecular complexity index is 371. The molecule has 6 nitrogen and oxygen atoms in total. The van der Waals surface area contributed by atoms with E-state index in [-0.39, 0.29) is 36.4 Å². The molecule has 0 unspecified atom stereocenters. The van der Waals surface area contributed by atoms with E-state index in [0.717, 1.165) is 31.6 Å². The lowest BCUT2D eigenvalue weighted by Gasteiger charge is -2.23. The molecule has 0 aromatic carbocycles. The fourth-order valence-electron chi connectivity index (χ4n) is 1.73. The maximum Gasteiger partial charge on any atom is 0.243 e. The monoisotopic (exact) mass is 440 g/mol. The minimum Gasteiger partial charge on any atom is -0.379 e. The number of amides is 1. The van der Waals surface area contributed by atoms with Crippen molar-refractivity contribution >= 4 is 35.8 Å². The summed E-state index contributed by atoms with van der Waals surface area (Å²) < 4.78 is 5.67. The normalized spacial score (nSPS) is 14.4. The van der Waals surface area contributed by atoms with E-state index in [9.17, 15) is 4.79 Å². The van der Waals surface area contributed by atoms with Gasteiger partial charge in [0.2, 0.25) is 5.91 Å². The average molecular weight is 440 g/mol. The van der Waals surface area contributed by atoms with E-state index >= 15 is 0 Å². The van der Waals surface area contributed by atoms with Crippen LogP contribution in [-0.4, -0.2) is 75.7 Å². The van der Waals surface area contributed by atoms with Crippen molar-refractivity contribution in [1.82, 2.24) is 15.1 Å². The van der Waals surface area contributed by atoms with Crippen molar-refractivity contribution in [2.75, 3.05) is 54.0 Å². The Morgan fingerprint density at radius 3 is 2.48 bits per heavy atom. The van der Waals surface area contributed by atoms with E-state index < -0.39 is 0 Å². The van der Waals surface area contributed by atoms with Crippen LogP contribution >= 0.6 is 24.0 Å². The molecule has 0 radical (unpaired) electrons. The van der Waals surface area contributed by atoms with Crippen molar-refractivity contribution in [3.63, 3.8) is 0 Å². The molecule has 7 heteroatoms. The van der Waals surface area contributed by atoms with Gasteiger partial charge in [0.1, 0.15) is 6.54 Å². The van der Waals surface area contributed by atoms with Crippen LogP contribution in [0.2, 0.25) is 0 Å². The molecule has 0 aromatic rings. The SMILES string of the molecule is CC(C)CNC(=NCC(=O)N(C)C)N(C)CCOCC1CC1.I. The second-order valence-electron chi connectivity index (χ2n) is 6.64. The van der Waals surface area contributed by atoms with Crippen LogP contribution in [0.25, 0.3) is 0 Å². The largest absolute Gasteiger partial charge is 0.379 e. The van der Waals surface area contributed by atoms with Crippen LogP contribution in [0.4, 0.5) is 0 Å². The van der Waals surface area contributed by atoms with E-state index in [1.807, 2.05) is 11.9 Å². The van der Waals surface area contributed by atoms with Gasteiger partial charge in [0.15, 0.2) is 5.96 Å². The van der Waals surface area contributed by atoms with E-state index in [1.165, 1.54) is 12.8 Å². The molecule has 1 saturated carbocycles. The molecule has 1 N–H and O–H groups in total. The van der Waals surface area contributed by atoms with Gasteiger partial charge in [-0.1, -0.05) is 13.8 Å². The summed E-state index contributed by atoms with van der Waals surface area (Å²) in [5.74, 6) is 2.07. The predicted molar refractivity (Wildman–Crippen MR) is 105 cm³/mol. The number of hydrogen-bond acceptors (Lipinski definition) is 3. The average Bonchev–Trinajstić information content (AvgIpc) is 3.26. The van der Waals surface area contributed by atoms with E-state index in [2.05, 4.69) is 24.2 Å². The van der Waals surface area contributed by atoms with Crippen molar-refractivity contribution < 1.29 is 9.53 Å². The number of aliphatic imine (C=N–C) groups is 1. The number of carbonyl (C=O) groups is 1. The van der Waals surface area contributed by atoms with Crippen LogP contribution in [0.15, 0.2) is 4.99 Å². The summed E-state index contributed by atoms with van der Waals surface area (Å²) in [7, 11) is 5.47. The lowest BCUT2D eigenvalue weighted by molar-refractivity contribution is -0.127. The Kier molecular flexibility index (Phi) is 11.6. The zero-order valence-corrected chi connectivity index (χ0v) is 17.5. The third kappa shape index (κ3) is 10.8. The van der Waals surface area contributed by atoms with Crippen molar-refractivity contribution in [2.24, 2.45) is 16.8 Å². The molecule has 0 bridgehead atoms. The number of nitrogens with one attached hydrogen (secondary N) is 1. The smallest absolute Gasteiger partial charge is 0.243 e. The Hall–Kier alpha value is -0.570. The molecule has 23 heavy (non-hydrogen) atoms. The van der Waals surface area contributed by atoms with E-state index in [4.69, 9.17) is 4.74 Å². The number of carbonyl (C=O) groups excluding carboxylic acids is 1. The van der Waals surface area contributed by atoms with Crippen LogP contribution in [-0.2, 0) is 9.53 Å². The first-order chi connectivity index (χ1) is 10.4. The lowest BCUT2D eigenvalue weighted by Crippen LogP contribution is -2.42. The predicted octanol–water partition coefficient (Wildman–Crippen LogP) is 1.65. The molecule has 1 aliphatic rings. The Morgan fingerprint density at radius 1 is 1.30 bits per heavy atom. The van der Waals surface area contributed by atoms with Gasteiger partial charge in [0.05, 0.1) is 6.61 Å². The van der Waals surface area contributed by atoms with Crippen LogP contribution in [0, 0.1) is 11.8 Å². The number of ether oxygens (including phenoxy) is 1. The van der Waals surface area contributed by atoms with Gasteiger partial charge in [-0.2, -0.15) is 0 Å². The summed E-state index contributed by atoms with van der Waals surface area (Å²) in [4.78, 5) is 19.7. The van der Waals surface area contributed by atoms with Gasteiger partial charge >= 0.3 is 0 Å². The summed E-state index contributed by atoms with van der Waals surface area (Å²) in [5.41, 5.74) is 0. The number of guanidine groups is 1. The quantitative estimate of drug-likeness (QED) is 0.257. The molecule has 1 fully saturated rings. The van der Waals surface area contributed by atoms with Crippen LogP contribution in [0.1, 0.15) is 26.7 Å². The highest BCUT2D eigenvalue weighted by Crippen LogP contribution is 2.28. The van der Waals surface area contributed by atoms with E-state index in [0.29, 0.717) is 12.5 Å². The third-order valence-corrected chi connectivity index (χ3v) is 3.51. The number of nitrogens with zero attached hydrogens (tertiary/aromatic N) is 3. The Balaban J connectivity index is 0.00000484. The highest BCUT2D eigenvalue weighted by Gasteiger charge is 2.21. The van der Waals surface area contributed by atoms with Gasteiger partial charge in [-0.05, 0) is 24.7 Å². The molecule has 0 aliphatic heterocycles. The number of hydrogen-bond donors (Lipinski definition) is 1. The topological polar surface area (TPSA) is 57.2 Å². The fraction of sp³-hybridized carbons (Fsp3) is 0.875. The molecule has 0 heterocycles. The molecule has 1 amide bonds. The molecule has 136 valence electrons. The third-order valence-electron chi connectivity index (χ3n) is 3.51. The molecule has 0 aromatic heterocycles. The maximum atomic E-state index is 11.7. The maximum absolute atomic E-state index is 11.7. The molecule has 1 aliphatic carbocycles. The lowest BCUT2D eigenvalue weighted by atomic mass is 10.2. The Labute approximate surface area is 158 Å². The molecule has 0 spiro atoms. The fourth-order valence-corrected chi connectivity index (χ4v) is 1.73. The summed E-state index contributed by atoms with van der Waals surface area (Å²) in [6, 6.07) is 0. The van der Waals surface area contributed by atoms with Gasteiger partial charge in [-0.3, -0.25) is 4.79 Å². The van der Waals surface area contributed by atoms with Crippen LogP contribution in [0.3, 0.4) is 0 Å². The summed E-state index contributed by atoms with van der Waals surface area (Å²) in [6.45, 7) is 7.63. The highest BCUT2D eigenvalue weighted by atomic mass is 127. The summed E-state index contributed by atoms with van der Waals surface area (Å²) in [6.07, 6.45) is 2.62. The van der Waals surface area contributed by atoms with Gasteiger partial charge in [-0.25, -0.2) is 4.99 Å². The molecular weight excluding hydrogens is 407 g/mol. The second kappa shape index (κ2) is 11.9. The number of likely N-dealkylation sites (N-methyl/N-ethyl adjacent to an activating group) is 2. The van der Waals surface area contributed by atoms with Gasteiger partial charge in [0.25, 0.3) is 0 Å². The van der Waals surface area contributed by atoms with E-state index in [1.54, 1.807) is 19.0 Å². The first kappa shape index (κ1) is 22.4. The molecular formula is C16H33IN4O2. The minimum absolute atomic E-state index is 0. The van der Waals surface area contributed by atoms with Crippen molar-refractivity contribution in [3.8, 4) is 0 Å². The van der Waals surface area contributed by atoms with Crippen LogP contribution < -0.4 is 5.32 Å². The Morgan fingerprint density at radius 2 is 1.96 bits per heavy atom. The number of rotatable bonds is 9. The van der Waals surface area contributed by atoms with Gasteiger partial charge in [0, 0.05) is 40.8 Å². The molecule has 0 saturated heterocycles. The second-order valence-corrected chi connectivity index (χ2v) is 6.64. The first-order valence-corrected chi connectivity index (χ1v) is 8.17. The zero-order valence-electron chi connectivity index (χ0n) is 15.2. The highest BCUT2D eigenvalue weighted by molar-refractivity contribution is 14.0. The van der Waals surface area contributed by atoms with Crippen LogP contribution in [0.5, 0.6) is 0 Å². The summed E-state index contributed by atoms with van der Waals surface area (Å²) in [5, 5.41) is 3.32. The minimum atomic E-state index is 0. The standard InChI is InChI=1S/C16H32N4O2.HI/c1-13(2)10-17-16(18-11-15(21)19(3)4)20(5)8-9-22-12-14-6-7-14;/h13-14H,6-12H2,1-5H3,(H,17,18);1H. The number of halogens is 1. The van der Waals surface area contributed by atoms with Gasteiger partial charge in [-0.15, -0.1) is 24.0 Å². The first-order valence-electron chi connectivity index (χ1n) is 8.17. The van der Waals surface area contributed by atoms with Gasteiger partial charge < -0.3 is 19.9 Å². The van der Waals surface area contributed by atoms with Crippen molar-refractivity contribution in [3.05, 3.63) is 0 Å². The van der Waals surface area contributed by atoms with Crippen molar-refractivity contribution in [1.29, 1.82) is 0 Å². The molecule has 0 atom stereocenters. The summed E-state index contributed by atoms with van der Waals surface area (Å²) >= 11 is 0. The molecule has 1 rings (SSSR count).